The van der Waals surface area contributed by atoms with E-state index in [2.05, 4.69) is 4.98 Å². The number of ketones is 1. The molecule has 1 aromatic heterocycles. The van der Waals surface area contributed by atoms with Crippen LogP contribution in [0.3, 0.4) is 0 Å². The maximum absolute atomic E-state index is 12.7. The van der Waals surface area contributed by atoms with Crippen LogP contribution in [0.5, 0.6) is 0 Å². The zero-order valence-corrected chi connectivity index (χ0v) is 19.6. The molecule has 2 rings (SSSR count). The Bertz CT molecular complexity index is 1190. The molecule has 0 radical (unpaired) electrons. The number of rotatable bonds is 6. The Morgan fingerprint density at radius 1 is 0.833 bits per heavy atom. The van der Waals surface area contributed by atoms with E-state index >= 15 is 0 Å². The highest BCUT2D eigenvalue weighted by Crippen LogP contribution is 2.51. The summed E-state index contributed by atoms with van der Waals surface area (Å²) in [5, 5.41) is 0. The molecule has 1 fully saturated rings. The molecule has 30 heavy (non-hydrogen) atoms. The van der Waals surface area contributed by atoms with E-state index in [0.29, 0.717) is 25.0 Å². The molecule has 1 aromatic rings. The van der Waals surface area contributed by atoms with Crippen LogP contribution in [0, 0.1) is 0 Å². The van der Waals surface area contributed by atoms with E-state index in [-0.39, 0.29) is 11.2 Å². The fraction of sp³-hybridized carbons (Fsp3) is 0.538. The van der Waals surface area contributed by atoms with Crippen LogP contribution in [0.1, 0.15) is 17.4 Å². The molecule has 0 aromatic carbocycles. The second-order valence-corrected chi connectivity index (χ2v) is 15.8. The molecule has 0 unspecified atom stereocenters. The van der Waals surface area contributed by atoms with Gasteiger partial charge in [-0.05, 0) is 17.6 Å². The molecule has 0 bridgehead atoms. The minimum absolute atomic E-state index is 0.166. The summed E-state index contributed by atoms with van der Waals surface area (Å²) in [6.45, 7) is 1.15. The molecule has 0 N–H and O–H groups in total. The lowest BCUT2D eigenvalue weighted by atomic mass is 9.79. The van der Waals surface area contributed by atoms with Crippen molar-refractivity contribution in [1.82, 2.24) is 4.98 Å². The van der Waals surface area contributed by atoms with E-state index < -0.39 is 60.8 Å². The first kappa shape index (κ1) is 24.9. The number of nitrogens with zero attached hydrogens (tertiary/aromatic N) is 1. The van der Waals surface area contributed by atoms with Crippen LogP contribution in [-0.4, -0.2) is 85.1 Å². The quantitative estimate of drug-likeness (QED) is 0.294. The van der Waals surface area contributed by atoms with E-state index in [0.717, 1.165) is 25.3 Å². The van der Waals surface area contributed by atoms with Gasteiger partial charge in [0.1, 0.15) is 5.69 Å². The van der Waals surface area contributed by atoms with Gasteiger partial charge in [-0.2, -0.15) is 0 Å². The largest absolute Gasteiger partial charge is 0.497 e. The third kappa shape index (κ3) is 3.40. The highest BCUT2D eigenvalue weighted by atomic mass is 32.3. The molecule has 2 heterocycles. The lowest BCUT2D eigenvalue weighted by Gasteiger charge is -2.37. The summed E-state index contributed by atoms with van der Waals surface area (Å²) in [7, 11) is -22.7. The molecule has 0 aliphatic carbocycles. The summed E-state index contributed by atoms with van der Waals surface area (Å²) < 4.78 is 104. The number of aromatic nitrogens is 1. The minimum atomic E-state index is -5.14. The predicted molar refractivity (Wildman–Crippen MR) is 107 cm³/mol. The van der Waals surface area contributed by atoms with Crippen molar-refractivity contribution in [3.63, 3.8) is 0 Å². The molecule has 12 nitrogen and oxygen atoms in total. The predicted octanol–water partition coefficient (Wildman–Crippen LogP) is -2.49. The van der Waals surface area contributed by atoms with Gasteiger partial charge in [-0.1, -0.05) is 0 Å². The van der Waals surface area contributed by atoms with Crippen LogP contribution in [0.25, 0.3) is 0 Å². The van der Waals surface area contributed by atoms with Gasteiger partial charge in [0, 0.05) is 38.1 Å². The summed E-state index contributed by atoms with van der Waals surface area (Å²) in [6, 6.07) is 2.15. The summed E-state index contributed by atoms with van der Waals surface area (Å²) in [6.07, 6.45) is 2.34. The second-order valence-electron chi connectivity index (χ2n) is 6.80. The first-order valence-electron chi connectivity index (χ1n) is 7.84. The Morgan fingerprint density at radius 3 is 1.50 bits per heavy atom. The Labute approximate surface area is 174 Å². The molecule has 0 spiro atoms. The van der Waals surface area contributed by atoms with Crippen molar-refractivity contribution >= 4 is 57.7 Å². The standard InChI is InChI=1S/C13H18BNO11S4/c1-9(16)11-8-10(6-7-15-11)14-25-12(27(2,17)18,28(3,19)20)13(26-14,29(4,21)22)30(5,23)24/h6-8H,1-5H3. The van der Waals surface area contributed by atoms with Crippen LogP contribution < -0.4 is 5.46 Å². The topological polar surface area (TPSA) is 185 Å². The average Bonchev–Trinajstić information content (AvgIpc) is 2.93. The molecule has 17 heteroatoms. The van der Waals surface area contributed by atoms with Crippen molar-refractivity contribution in [2.75, 3.05) is 25.0 Å². The number of hydrogen-bond donors (Lipinski definition) is 0. The van der Waals surface area contributed by atoms with Crippen molar-refractivity contribution in [3.05, 3.63) is 24.0 Å². The van der Waals surface area contributed by atoms with Crippen LogP contribution in [0.4, 0.5) is 0 Å². The average molecular weight is 503 g/mol. The first-order chi connectivity index (χ1) is 13.2. The zero-order chi connectivity index (χ0) is 23.6. The number of carbonyl (C=O) groups is 1. The van der Waals surface area contributed by atoms with Crippen LogP contribution >= 0.6 is 0 Å². The van der Waals surface area contributed by atoms with Crippen molar-refractivity contribution in [2.24, 2.45) is 0 Å². The van der Waals surface area contributed by atoms with Crippen LogP contribution in [-0.2, 0) is 48.7 Å². The van der Waals surface area contributed by atoms with Gasteiger partial charge in [-0.15, -0.1) is 0 Å². The normalized spacial score (nSPS) is 19.6. The Balaban J connectivity index is 3.06. The van der Waals surface area contributed by atoms with E-state index in [1.165, 1.54) is 0 Å². The number of pyridine rings is 1. The SMILES string of the molecule is CC(=O)c1cc(B2OC(S(C)(=O)=O)(S(C)(=O)=O)C(S(C)(=O)=O)(S(C)(=O)=O)O2)ccn1. The van der Waals surface area contributed by atoms with Gasteiger partial charge < -0.3 is 9.31 Å². The van der Waals surface area contributed by atoms with E-state index in [1.807, 2.05) is 0 Å². The summed E-state index contributed by atoms with van der Waals surface area (Å²) in [4.78, 5) is 15.3. The maximum atomic E-state index is 12.7. The molecule has 1 saturated heterocycles. The molecule has 168 valence electrons. The molecular formula is C13H18BNO11S4. The molecular weight excluding hydrogens is 485 g/mol. The van der Waals surface area contributed by atoms with Crippen molar-refractivity contribution in [1.29, 1.82) is 0 Å². The Kier molecular flexibility index (Phi) is 5.85. The number of hydrogen-bond acceptors (Lipinski definition) is 12. The molecule has 1 aliphatic rings. The summed E-state index contributed by atoms with van der Waals surface area (Å²) in [5.41, 5.74) is -0.388. The fourth-order valence-electron chi connectivity index (χ4n) is 3.18. The number of sulfone groups is 4. The van der Waals surface area contributed by atoms with Gasteiger partial charge >= 0.3 is 15.6 Å². The van der Waals surface area contributed by atoms with E-state index in [4.69, 9.17) is 9.31 Å². The van der Waals surface area contributed by atoms with Gasteiger partial charge in [0.25, 0.3) is 0 Å². The summed E-state index contributed by atoms with van der Waals surface area (Å²) >= 11 is 0. The van der Waals surface area contributed by atoms with Crippen molar-refractivity contribution in [2.45, 2.75) is 15.5 Å². The third-order valence-corrected chi connectivity index (χ3v) is 13.9. The van der Waals surface area contributed by atoms with Gasteiger partial charge in [0.15, 0.2) is 45.1 Å². The van der Waals surface area contributed by atoms with Gasteiger partial charge in [-0.3, -0.25) is 9.78 Å². The first-order valence-corrected chi connectivity index (χ1v) is 15.4. The van der Waals surface area contributed by atoms with Gasteiger partial charge in [-0.25, -0.2) is 33.7 Å². The number of carbonyl (C=O) groups excluding carboxylic acids is 1. The van der Waals surface area contributed by atoms with Gasteiger partial charge in [0.05, 0.1) is 0 Å². The van der Waals surface area contributed by atoms with Crippen LogP contribution in [0.15, 0.2) is 18.3 Å². The molecule has 0 amide bonds. The molecule has 0 atom stereocenters. The molecule has 1 aliphatic heterocycles. The summed E-state index contributed by atoms with van der Waals surface area (Å²) in [5.74, 6) is -0.537. The highest BCUT2D eigenvalue weighted by Gasteiger charge is 2.83. The molecule has 0 saturated carbocycles. The monoisotopic (exact) mass is 503 g/mol. The van der Waals surface area contributed by atoms with Crippen LogP contribution in [0.2, 0.25) is 0 Å². The van der Waals surface area contributed by atoms with Crippen molar-refractivity contribution < 1.29 is 47.8 Å². The Hall–Kier alpha value is -1.40. The minimum Gasteiger partial charge on any atom is -0.372 e. The van der Waals surface area contributed by atoms with E-state index in [1.54, 1.807) is 0 Å². The van der Waals surface area contributed by atoms with Crippen molar-refractivity contribution in [3.8, 4) is 0 Å². The smallest absolute Gasteiger partial charge is 0.372 e. The second kappa shape index (κ2) is 7.06. The van der Waals surface area contributed by atoms with Gasteiger partial charge in [0.2, 0.25) is 0 Å². The highest BCUT2D eigenvalue weighted by molar-refractivity contribution is 8.16. The Morgan fingerprint density at radius 2 is 1.20 bits per heavy atom. The lowest BCUT2D eigenvalue weighted by Crippen LogP contribution is -2.67. The van der Waals surface area contributed by atoms with E-state index in [9.17, 15) is 38.5 Å². The fourth-order valence-corrected chi connectivity index (χ4v) is 14.3. The maximum Gasteiger partial charge on any atom is 0.497 e. The third-order valence-electron chi connectivity index (χ3n) is 4.27. The lowest BCUT2D eigenvalue weighted by molar-refractivity contribution is 0.101. The number of Topliss-reactive ketones (excluding diaryl/α,β-unsaturated/α-hetero) is 1. The zero-order valence-electron chi connectivity index (χ0n) is 16.4.